The predicted molar refractivity (Wildman–Crippen MR) is 75.2 cm³/mol. The van der Waals surface area contributed by atoms with E-state index in [4.69, 9.17) is 4.74 Å². The number of methoxy groups -OCH3 is 1. The Hall–Kier alpha value is -2.12. The summed E-state index contributed by atoms with van der Waals surface area (Å²) < 4.78 is 5.52. The van der Waals surface area contributed by atoms with E-state index < -0.39 is 11.5 Å². The van der Waals surface area contributed by atoms with Crippen LogP contribution in [0.4, 0.5) is 5.69 Å². The molecule has 2 aliphatic rings. The highest BCUT2D eigenvalue weighted by atomic mass is 16.5. The molecule has 0 N–H and O–H groups in total. The highest BCUT2D eigenvalue weighted by Crippen LogP contribution is 2.49. The van der Waals surface area contributed by atoms with Gasteiger partial charge in [0.2, 0.25) is 5.91 Å². The van der Waals surface area contributed by atoms with Gasteiger partial charge in [0.25, 0.3) is 0 Å². The molecule has 1 amide bonds. The lowest BCUT2D eigenvalue weighted by molar-refractivity contribution is -0.126. The van der Waals surface area contributed by atoms with Crippen LogP contribution in [0.5, 0.6) is 0 Å². The first-order valence-electron chi connectivity index (χ1n) is 6.64. The second kappa shape index (κ2) is 4.46. The Labute approximate surface area is 118 Å². The second-order valence-electron chi connectivity index (χ2n) is 5.27. The van der Waals surface area contributed by atoms with Crippen LogP contribution in [-0.2, 0) is 14.9 Å². The van der Waals surface area contributed by atoms with Crippen molar-refractivity contribution in [1.82, 2.24) is 0 Å². The smallest absolute Gasteiger partial charge is 0.232 e. The zero-order chi connectivity index (χ0) is 14.3. The Balaban J connectivity index is 2.32. The number of carbonyl (C=O) groups is 1. The number of rotatable bonds is 1. The van der Waals surface area contributed by atoms with Crippen molar-refractivity contribution in [2.75, 3.05) is 19.1 Å². The zero-order valence-electron chi connectivity index (χ0n) is 11.5. The van der Waals surface area contributed by atoms with E-state index in [0.717, 1.165) is 11.3 Å². The molecule has 0 spiro atoms. The van der Waals surface area contributed by atoms with Crippen LogP contribution in [0.15, 0.2) is 36.4 Å². The van der Waals surface area contributed by atoms with E-state index in [1.807, 2.05) is 36.4 Å². The van der Waals surface area contributed by atoms with Crippen molar-refractivity contribution in [2.24, 2.45) is 5.92 Å². The van der Waals surface area contributed by atoms with Crippen molar-refractivity contribution in [3.05, 3.63) is 42.0 Å². The number of allylic oxidation sites excluding steroid dienone is 1. The van der Waals surface area contributed by atoms with Gasteiger partial charge in [-0.15, -0.1) is 0 Å². The van der Waals surface area contributed by atoms with Gasteiger partial charge in [-0.1, -0.05) is 30.4 Å². The quantitative estimate of drug-likeness (QED) is 0.732. The first-order valence-corrected chi connectivity index (χ1v) is 6.64. The van der Waals surface area contributed by atoms with Gasteiger partial charge in [0.15, 0.2) is 0 Å². The summed E-state index contributed by atoms with van der Waals surface area (Å²) in [6.07, 6.45) is 4.01. The Morgan fingerprint density at radius 1 is 1.45 bits per heavy atom. The molecule has 102 valence electrons. The number of anilines is 1. The number of carbonyl (C=O) groups excluding carboxylic acids is 1. The van der Waals surface area contributed by atoms with Gasteiger partial charge in [-0.3, -0.25) is 4.79 Å². The molecule has 0 bridgehead atoms. The molecule has 0 saturated carbocycles. The van der Waals surface area contributed by atoms with Crippen LogP contribution in [0.2, 0.25) is 0 Å². The van der Waals surface area contributed by atoms with Crippen LogP contribution in [0.25, 0.3) is 0 Å². The minimum Gasteiger partial charge on any atom is -0.375 e. The molecule has 0 saturated heterocycles. The van der Waals surface area contributed by atoms with E-state index in [0.29, 0.717) is 6.42 Å². The lowest BCUT2D eigenvalue weighted by atomic mass is 9.61. The van der Waals surface area contributed by atoms with Crippen molar-refractivity contribution in [2.45, 2.75) is 17.9 Å². The van der Waals surface area contributed by atoms with E-state index in [-0.39, 0.29) is 11.8 Å². The number of nitriles is 1. The van der Waals surface area contributed by atoms with Gasteiger partial charge in [-0.2, -0.15) is 5.26 Å². The van der Waals surface area contributed by atoms with Crippen LogP contribution in [0, 0.1) is 17.2 Å². The number of benzene rings is 1. The summed E-state index contributed by atoms with van der Waals surface area (Å²) in [6.45, 7) is 0. The number of nitrogens with zero attached hydrogens (tertiary/aromatic N) is 2. The lowest BCUT2D eigenvalue weighted by Crippen LogP contribution is -2.56. The molecule has 20 heavy (non-hydrogen) atoms. The van der Waals surface area contributed by atoms with Crippen LogP contribution in [0.3, 0.4) is 0 Å². The molecule has 0 aromatic heterocycles. The summed E-state index contributed by atoms with van der Waals surface area (Å²) in [6, 6.07) is 10.0. The third-order valence-electron chi connectivity index (χ3n) is 4.46. The molecule has 1 aliphatic carbocycles. The van der Waals surface area contributed by atoms with E-state index in [1.54, 1.807) is 19.1 Å². The molecule has 3 atom stereocenters. The summed E-state index contributed by atoms with van der Waals surface area (Å²) in [5.41, 5.74) is 0.752. The first kappa shape index (κ1) is 12.9. The minimum atomic E-state index is -0.927. The molecule has 0 unspecified atom stereocenters. The third-order valence-corrected chi connectivity index (χ3v) is 4.46. The van der Waals surface area contributed by atoms with Crippen molar-refractivity contribution in [3.63, 3.8) is 0 Å². The van der Waals surface area contributed by atoms with E-state index >= 15 is 0 Å². The van der Waals surface area contributed by atoms with Gasteiger partial charge in [-0.25, -0.2) is 0 Å². The van der Waals surface area contributed by atoms with E-state index in [2.05, 4.69) is 6.07 Å². The van der Waals surface area contributed by atoms with Gasteiger partial charge >= 0.3 is 0 Å². The molecular formula is C16H16N2O2. The van der Waals surface area contributed by atoms with Gasteiger partial charge < -0.3 is 9.64 Å². The molecule has 1 aliphatic heterocycles. The van der Waals surface area contributed by atoms with Crippen LogP contribution < -0.4 is 4.90 Å². The topological polar surface area (TPSA) is 53.3 Å². The molecule has 1 aromatic rings. The fraction of sp³-hybridized carbons (Fsp3) is 0.375. The van der Waals surface area contributed by atoms with Crippen LogP contribution in [-0.4, -0.2) is 26.2 Å². The first-order chi connectivity index (χ1) is 9.66. The zero-order valence-corrected chi connectivity index (χ0v) is 11.5. The highest BCUT2D eigenvalue weighted by molar-refractivity contribution is 6.00. The van der Waals surface area contributed by atoms with Crippen molar-refractivity contribution in [1.29, 1.82) is 5.26 Å². The standard InChI is InChI=1S/C16H16N2O2/c1-18-13-8-4-3-6-11(13)16(10-17)12(15(18)19)7-5-9-14(16)20-2/h3-6,8-9,12,14H,7H2,1-2H3/t12-,14+,16+/m1/s1. The SMILES string of the molecule is CO[C@H]1C=CC[C@@H]2C(=O)N(C)c3ccccc3[C@]12C#N. The maximum Gasteiger partial charge on any atom is 0.232 e. The Morgan fingerprint density at radius 2 is 2.20 bits per heavy atom. The lowest BCUT2D eigenvalue weighted by Gasteiger charge is -2.47. The van der Waals surface area contributed by atoms with Crippen LogP contribution >= 0.6 is 0 Å². The summed E-state index contributed by atoms with van der Waals surface area (Å²) in [4.78, 5) is 14.3. The average Bonchev–Trinajstić information content (AvgIpc) is 2.51. The summed E-state index contributed by atoms with van der Waals surface area (Å²) >= 11 is 0. The maximum absolute atomic E-state index is 12.6. The van der Waals surface area contributed by atoms with Gasteiger partial charge in [0, 0.05) is 19.8 Å². The van der Waals surface area contributed by atoms with Gasteiger partial charge in [0.1, 0.15) is 5.41 Å². The Bertz CT molecular complexity index is 632. The highest BCUT2D eigenvalue weighted by Gasteiger charge is 2.56. The average molecular weight is 268 g/mol. The molecular weight excluding hydrogens is 252 g/mol. The second-order valence-corrected chi connectivity index (χ2v) is 5.27. The predicted octanol–water partition coefficient (Wildman–Crippen LogP) is 2.02. The molecule has 0 radical (unpaired) electrons. The molecule has 1 aromatic carbocycles. The van der Waals surface area contributed by atoms with Crippen molar-refractivity contribution < 1.29 is 9.53 Å². The van der Waals surface area contributed by atoms with Gasteiger partial charge in [0.05, 0.1) is 18.1 Å². The fourth-order valence-electron chi connectivity index (χ4n) is 3.45. The van der Waals surface area contributed by atoms with E-state index in [9.17, 15) is 10.1 Å². The minimum absolute atomic E-state index is 0.0170. The largest absolute Gasteiger partial charge is 0.375 e. The van der Waals surface area contributed by atoms with E-state index in [1.165, 1.54) is 0 Å². The molecule has 0 fully saturated rings. The van der Waals surface area contributed by atoms with Gasteiger partial charge in [-0.05, 0) is 18.1 Å². The maximum atomic E-state index is 12.6. The number of fused-ring (bicyclic) bond motifs is 3. The monoisotopic (exact) mass is 268 g/mol. The number of ether oxygens (including phenoxy) is 1. The molecule has 4 heteroatoms. The third kappa shape index (κ3) is 1.41. The normalized spacial score (nSPS) is 31.4. The Morgan fingerprint density at radius 3 is 2.90 bits per heavy atom. The molecule has 3 rings (SSSR count). The molecule has 4 nitrogen and oxygen atoms in total. The summed E-state index contributed by atoms with van der Waals surface area (Å²) in [7, 11) is 3.35. The molecule has 1 heterocycles. The van der Waals surface area contributed by atoms with Crippen LogP contribution in [0.1, 0.15) is 12.0 Å². The summed E-state index contributed by atoms with van der Waals surface area (Å²) in [5, 5.41) is 9.89. The van der Waals surface area contributed by atoms with Crippen molar-refractivity contribution >= 4 is 11.6 Å². The summed E-state index contributed by atoms with van der Waals surface area (Å²) in [5.74, 6) is -0.404. The Kier molecular flexibility index (Phi) is 2.88. The number of amides is 1. The fourth-order valence-corrected chi connectivity index (χ4v) is 3.45. The number of hydrogen-bond acceptors (Lipinski definition) is 3. The number of para-hydroxylation sites is 1. The van der Waals surface area contributed by atoms with Crippen molar-refractivity contribution in [3.8, 4) is 6.07 Å². The number of hydrogen-bond donors (Lipinski definition) is 0.